The molecule has 0 aliphatic rings. The molecule has 0 amide bonds. The summed E-state index contributed by atoms with van der Waals surface area (Å²) in [4.78, 5) is 44.3. The van der Waals surface area contributed by atoms with Gasteiger partial charge in [-0.15, -0.1) is 34.0 Å². The van der Waals surface area contributed by atoms with Crippen molar-refractivity contribution in [1.82, 2.24) is 44.9 Å². The molecular formula is C99H97N13O16S9. The van der Waals surface area contributed by atoms with Gasteiger partial charge in [-0.2, -0.15) is 9.97 Å². The largest absolute Gasteiger partial charge is 0.486 e. The van der Waals surface area contributed by atoms with Gasteiger partial charge in [0.1, 0.15) is 36.4 Å². The average Bonchev–Trinajstić information content (AvgIpc) is 1.56. The lowest BCUT2D eigenvalue weighted by Gasteiger charge is -2.09. The molecule has 0 aliphatic heterocycles. The molecule has 137 heavy (non-hydrogen) atoms. The Morgan fingerprint density at radius 1 is 0.387 bits per heavy atom. The molecule has 17 rings (SSSR count). The molecule has 1 atom stereocenters. The Morgan fingerprint density at radius 3 is 1.39 bits per heavy atom. The van der Waals surface area contributed by atoms with E-state index in [9.17, 15) is 46.3 Å². The van der Waals surface area contributed by atoms with Gasteiger partial charge in [-0.25, -0.2) is 52.1 Å². The third-order valence-electron chi connectivity index (χ3n) is 19.5. The van der Waals surface area contributed by atoms with E-state index in [1.165, 1.54) is 54.2 Å². The summed E-state index contributed by atoms with van der Waals surface area (Å²) >= 11 is 4.96. The van der Waals surface area contributed by atoms with Gasteiger partial charge in [0.25, 0.3) is 0 Å². The van der Waals surface area contributed by atoms with E-state index in [4.69, 9.17) is 23.0 Å². The summed E-state index contributed by atoms with van der Waals surface area (Å²) in [5.74, 6) is 3.96. The lowest BCUT2D eigenvalue weighted by atomic mass is 10.1. The Labute approximate surface area is 811 Å². The number of rotatable bonds is 31. The maximum absolute atomic E-state index is 11.6. The number of pyridine rings is 5. The standard InChI is InChI=1S/C17H17N3O3S2.2C17H16N2O3S.C17H15NO2S2.C16H14N2O3S2.C15H19N3O2S/c1-23-17-19-15(12-5-7-14(8-6-12)25(2,21)22)10-16(20-17)18-11-13-4-3-9-24-13;1-23(20,21)17-4-2-14(3-5-17)15-8-16(11-18-10-15)19-9-13-6-7-22-12-13;1-23(20,21)17-6-4-13(5-7-17)14-9-15(11-18-10-14)19-12-16-3-2-8-22-16;1-22(19)15-9-7-13(8-10-15)16-5-2-6-17(18-16)20-12-14-4-3-11-21-14;1-23(19,20)15-4-5-16(18-10-15)12-7-13(9-17-8-12)21-11-14-3-2-6-22-14;1-11(2)8-17-15-10-16-9-14(18-15)12-4-6-13(7-5-12)21(3,19)20/h3-10H,11H2,1-2H3,(H,18,19,20);2-8,10-12,19H,9H2,1H3;2-11,19H,12H2,1H3;2-11H,12H2,1H3;2-10H,11H2,1H3;4-7,9-11H,8H2,1-3H3,(H,17,18). The number of sulfone groups is 5. The topological polar surface area (TPSA) is 406 Å². The van der Waals surface area contributed by atoms with Crippen molar-refractivity contribution in [3.8, 4) is 84.9 Å². The zero-order valence-corrected chi connectivity index (χ0v) is 83.0. The molecule has 708 valence electrons. The summed E-state index contributed by atoms with van der Waals surface area (Å²) in [5, 5.41) is 19.0. The predicted molar refractivity (Wildman–Crippen MR) is 540 cm³/mol. The highest BCUT2D eigenvalue weighted by molar-refractivity contribution is 7.91. The first kappa shape index (κ1) is 102. The third kappa shape index (κ3) is 32.4. The maximum Gasteiger partial charge on any atom is 0.318 e. The highest BCUT2D eigenvalue weighted by atomic mass is 32.2. The molecule has 12 aromatic heterocycles. The molecular weight excluding hydrogens is 1920 g/mol. The van der Waals surface area contributed by atoms with Crippen molar-refractivity contribution >= 4 is 117 Å². The quantitative estimate of drug-likeness (QED) is 0.0313. The van der Waals surface area contributed by atoms with Gasteiger partial charge < -0.3 is 44.3 Å². The molecule has 0 bridgehead atoms. The maximum atomic E-state index is 11.6. The second-order valence-corrected chi connectivity index (χ2v) is 45.3. The van der Waals surface area contributed by atoms with Crippen LogP contribution in [0.15, 0.2) is 359 Å². The third-order valence-corrected chi connectivity index (χ3v) is 28.6. The van der Waals surface area contributed by atoms with Crippen LogP contribution >= 0.6 is 34.0 Å². The lowest BCUT2D eigenvalue weighted by Crippen LogP contribution is -2.09. The van der Waals surface area contributed by atoms with Gasteiger partial charge >= 0.3 is 6.01 Å². The number of hydrogen-bond donors (Lipinski definition) is 4. The van der Waals surface area contributed by atoms with Crippen molar-refractivity contribution in [3.05, 3.63) is 347 Å². The van der Waals surface area contributed by atoms with E-state index in [1.807, 2.05) is 137 Å². The Balaban J connectivity index is 0.000000148. The molecule has 0 spiro atoms. The lowest BCUT2D eigenvalue weighted by molar-refractivity contribution is 0.297. The fourth-order valence-electron chi connectivity index (χ4n) is 12.3. The van der Waals surface area contributed by atoms with Crippen molar-refractivity contribution < 1.29 is 69.3 Å². The van der Waals surface area contributed by atoms with Crippen LogP contribution in [0.1, 0.15) is 39.8 Å². The number of nitrogens with one attached hydrogen (secondary N) is 4. The highest BCUT2D eigenvalue weighted by Crippen LogP contribution is 2.31. The smallest absolute Gasteiger partial charge is 0.318 e. The van der Waals surface area contributed by atoms with E-state index in [1.54, 1.807) is 212 Å². The summed E-state index contributed by atoms with van der Waals surface area (Å²) < 4.78 is 153. The van der Waals surface area contributed by atoms with Crippen LogP contribution in [0.5, 0.6) is 17.6 Å². The van der Waals surface area contributed by atoms with Crippen molar-refractivity contribution in [2.75, 3.05) is 72.5 Å². The van der Waals surface area contributed by atoms with Gasteiger partial charge in [0.05, 0.1) is 116 Å². The molecule has 17 aromatic rings. The summed E-state index contributed by atoms with van der Waals surface area (Å²) in [5.41, 5.74) is 12.7. The molecule has 0 radical (unpaired) electrons. The van der Waals surface area contributed by atoms with Gasteiger partial charge in [0.2, 0.25) is 5.88 Å². The number of anilines is 4. The van der Waals surface area contributed by atoms with Crippen LogP contribution in [0, 0.1) is 5.92 Å². The monoisotopic (exact) mass is 2010 g/mol. The number of nitrogens with zero attached hydrogens (tertiary/aromatic N) is 9. The Morgan fingerprint density at radius 2 is 0.891 bits per heavy atom. The molecule has 0 saturated carbocycles. The molecule has 29 nitrogen and oxygen atoms in total. The Hall–Kier alpha value is -13.8. The first-order chi connectivity index (χ1) is 65.6. The molecule has 1 unspecified atom stereocenters. The molecule has 0 saturated heterocycles. The first-order valence-corrected chi connectivity index (χ1v) is 55.5. The highest BCUT2D eigenvalue weighted by Gasteiger charge is 2.17. The Kier molecular flexibility index (Phi) is 36.2. The van der Waals surface area contributed by atoms with Crippen LogP contribution < -0.4 is 35.5 Å². The van der Waals surface area contributed by atoms with E-state index in [2.05, 4.69) is 80.0 Å². The van der Waals surface area contributed by atoms with E-state index in [0.29, 0.717) is 93.8 Å². The molecule has 4 N–H and O–H groups in total. The molecule has 12 heterocycles. The number of thiophene rings is 3. The minimum absolute atomic E-state index is 0.194. The van der Waals surface area contributed by atoms with Gasteiger partial charge in [-0.1, -0.05) is 98.8 Å². The minimum atomic E-state index is -3.25. The van der Waals surface area contributed by atoms with Crippen LogP contribution in [0.4, 0.5) is 23.0 Å². The van der Waals surface area contributed by atoms with Gasteiger partial charge in [-0.3, -0.25) is 29.1 Å². The second kappa shape index (κ2) is 48.6. The van der Waals surface area contributed by atoms with Crippen LogP contribution in [0.2, 0.25) is 0 Å². The fraction of sp³-hybridized carbons (Fsp3) is 0.162. The van der Waals surface area contributed by atoms with E-state index >= 15 is 0 Å². The SMILES string of the molecule is CC(C)CNc1cncc(-c2ccc(S(C)(=O)=O)cc2)n1.COc1nc(NCc2cccs2)cc(-c2ccc(S(C)(=O)=O)cc2)n1.CS(=O)(=O)c1ccc(-c2cncc(NCc3ccco3)c2)cc1.CS(=O)(=O)c1ccc(-c2cncc(NCc3ccoc3)c2)cc1.CS(=O)(=O)c1ccc(-c2cncc(OCc3cccs3)c2)nc1.CS(=O)c1ccc(-c2cccc(OCc3cccs3)n2)cc1. The Bertz CT molecular complexity index is 7010. The number of furan rings is 2. The zero-order valence-electron chi connectivity index (χ0n) is 75.7. The van der Waals surface area contributed by atoms with E-state index in [0.717, 1.165) is 95.5 Å². The molecule has 5 aromatic carbocycles. The van der Waals surface area contributed by atoms with Crippen molar-refractivity contribution in [3.63, 3.8) is 0 Å². The predicted octanol–water partition coefficient (Wildman–Crippen LogP) is 19.9. The van der Waals surface area contributed by atoms with Gasteiger partial charge in [-0.05, 0) is 167 Å². The van der Waals surface area contributed by atoms with Crippen molar-refractivity contribution in [1.29, 1.82) is 0 Å². The van der Waals surface area contributed by atoms with Crippen LogP contribution in [-0.2, 0) is 92.8 Å². The van der Waals surface area contributed by atoms with Crippen LogP contribution in [-0.4, -0.2) is 142 Å². The van der Waals surface area contributed by atoms with E-state index in [-0.39, 0.29) is 15.8 Å². The summed E-state index contributed by atoms with van der Waals surface area (Å²) in [7, 11) is -15.5. The van der Waals surface area contributed by atoms with Gasteiger partial charge in [0.15, 0.2) is 49.2 Å². The number of hydrogen-bond acceptors (Lipinski definition) is 32. The minimum Gasteiger partial charge on any atom is -0.486 e. The van der Waals surface area contributed by atoms with E-state index < -0.39 is 60.0 Å². The second-order valence-electron chi connectivity index (χ2n) is 30.8. The normalized spacial score (nSPS) is 11.5. The fourth-order valence-corrected chi connectivity index (χ4v) is 17.8. The summed E-state index contributed by atoms with van der Waals surface area (Å²) in [6, 6.07) is 68.9. The van der Waals surface area contributed by atoms with Gasteiger partial charge in [0, 0.05) is 169 Å². The summed E-state index contributed by atoms with van der Waals surface area (Å²) in [6.07, 6.45) is 27.5. The number of ether oxygens (including phenoxy) is 3. The molecule has 0 aliphatic carbocycles. The number of benzene rings is 5. The van der Waals surface area contributed by atoms with Crippen molar-refractivity contribution in [2.45, 2.75) is 76.1 Å². The first-order valence-electron chi connectivity index (χ1n) is 41.8. The summed E-state index contributed by atoms with van der Waals surface area (Å²) in [6.45, 7) is 7.96. The average molecular weight is 2010 g/mol. The zero-order chi connectivity index (χ0) is 97.5. The number of aromatic nitrogens is 9. The molecule has 38 heteroatoms. The van der Waals surface area contributed by atoms with Crippen LogP contribution in [0.25, 0.3) is 67.3 Å². The molecule has 0 fully saturated rings. The van der Waals surface area contributed by atoms with Crippen molar-refractivity contribution in [2.24, 2.45) is 5.92 Å². The number of methoxy groups -OCH3 is 1. The van der Waals surface area contributed by atoms with Crippen LogP contribution in [0.3, 0.4) is 0 Å².